The van der Waals surface area contributed by atoms with Crippen LogP contribution in [0.4, 0.5) is 5.69 Å². The number of nitrogens with zero attached hydrogens (tertiary/aromatic N) is 2. The summed E-state index contributed by atoms with van der Waals surface area (Å²) in [7, 11) is -1.16. The first kappa shape index (κ1) is 13.2. The summed E-state index contributed by atoms with van der Waals surface area (Å²) in [6, 6.07) is 7.52. The maximum atomic E-state index is 12.4. The molecule has 0 amide bonds. The summed E-state index contributed by atoms with van der Waals surface area (Å²) in [6.45, 7) is 1.97. The van der Waals surface area contributed by atoms with Crippen molar-refractivity contribution in [2.75, 3.05) is 5.73 Å². The number of hydrogen-bond acceptors (Lipinski definition) is 5. The Morgan fingerprint density at radius 3 is 2.95 bits per heavy atom. The number of anilines is 1. The third-order valence-corrected chi connectivity index (χ3v) is 5.51. The van der Waals surface area contributed by atoms with Crippen LogP contribution in [0.2, 0.25) is 0 Å². The number of aromatic nitrogens is 2. The Morgan fingerprint density at radius 2 is 2.15 bits per heavy atom. The lowest BCUT2D eigenvalue weighted by atomic mass is 10.2. The standard InChI is InChI=1S/C14H13N3OS2/c1-9-4-10(7-16-6-9)8-20(18)14-17-12-3-2-11(15)5-13(12)19-14/h2-7H,8,15H2,1H3. The van der Waals surface area contributed by atoms with Crippen molar-refractivity contribution in [3.05, 3.63) is 47.8 Å². The summed E-state index contributed by atoms with van der Waals surface area (Å²) < 4.78 is 14.0. The molecule has 6 heteroatoms. The van der Waals surface area contributed by atoms with Gasteiger partial charge in [-0.1, -0.05) is 6.07 Å². The van der Waals surface area contributed by atoms with Crippen LogP contribution >= 0.6 is 11.3 Å². The van der Waals surface area contributed by atoms with Crippen LogP contribution in [0.5, 0.6) is 0 Å². The maximum absolute atomic E-state index is 12.4. The fourth-order valence-electron chi connectivity index (χ4n) is 1.93. The van der Waals surface area contributed by atoms with Crippen LogP contribution in [0.15, 0.2) is 41.0 Å². The number of nitrogens with two attached hydrogens (primary N) is 1. The molecule has 20 heavy (non-hydrogen) atoms. The highest BCUT2D eigenvalue weighted by molar-refractivity contribution is 7.86. The minimum Gasteiger partial charge on any atom is -0.399 e. The van der Waals surface area contributed by atoms with Crippen LogP contribution in [0.1, 0.15) is 11.1 Å². The molecule has 0 aliphatic carbocycles. The van der Waals surface area contributed by atoms with E-state index < -0.39 is 10.8 Å². The molecule has 0 radical (unpaired) electrons. The number of thiazole rings is 1. The van der Waals surface area contributed by atoms with E-state index in [4.69, 9.17) is 5.73 Å². The third kappa shape index (κ3) is 2.71. The van der Waals surface area contributed by atoms with E-state index in [9.17, 15) is 4.21 Å². The van der Waals surface area contributed by atoms with Crippen molar-refractivity contribution in [3.8, 4) is 0 Å². The molecule has 1 atom stereocenters. The van der Waals surface area contributed by atoms with Crippen molar-refractivity contribution in [3.63, 3.8) is 0 Å². The second kappa shape index (κ2) is 5.30. The largest absolute Gasteiger partial charge is 0.399 e. The summed E-state index contributed by atoms with van der Waals surface area (Å²) in [6.07, 6.45) is 3.53. The van der Waals surface area contributed by atoms with Gasteiger partial charge in [-0.05, 0) is 36.2 Å². The van der Waals surface area contributed by atoms with Gasteiger partial charge in [0.05, 0.1) is 26.8 Å². The number of pyridine rings is 1. The fourth-order valence-corrected chi connectivity index (χ4v) is 4.27. The molecule has 1 aromatic carbocycles. The number of fused-ring (bicyclic) bond motifs is 1. The molecule has 0 fully saturated rings. The summed E-state index contributed by atoms with van der Waals surface area (Å²) in [5.74, 6) is 0.435. The molecular weight excluding hydrogens is 290 g/mol. The summed E-state index contributed by atoms with van der Waals surface area (Å²) >= 11 is 1.43. The van der Waals surface area contributed by atoms with Crippen molar-refractivity contribution >= 4 is 38.0 Å². The minimum atomic E-state index is -1.16. The number of rotatable bonds is 3. The molecule has 3 rings (SSSR count). The predicted molar refractivity (Wildman–Crippen MR) is 83.1 cm³/mol. The Labute approximate surface area is 123 Å². The molecule has 1 unspecified atom stereocenters. The Hall–Kier alpha value is -1.79. The van der Waals surface area contributed by atoms with Crippen LogP contribution in [0.3, 0.4) is 0 Å². The Kier molecular flexibility index (Phi) is 3.50. The molecule has 0 aliphatic rings. The van der Waals surface area contributed by atoms with E-state index in [1.54, 1.807) is 18.5 Å². The highest BCUT2D eigenvalue weighted by Gasteiger charge is 2.12. The van der Waals surface area contributed by atoms with Crippen LogP contribution < -0.4 is 5.73 Å². The lowest BCUT2D eigenvalue weighted by Crippen LogP contribution is -1.96. The molecule has 0 saturated carbocycles. The first-order valence-electron chi connectivity index (χ1n) is 6.07. The van der Waals surface area contributed by atoms with Crippen molar-refractivity contribution in [2.45, 2.75) is 17.0 Å². The minimum absolute atomic E-state index is 0.435. The van der Waals surface area contributed by atoms with E-state index in [0.29, 0.717) is 15.8 Å². The number of nitrogen functional groups attached to an aromatic ring is 1. The van der Waals surface area contributed by atoms with Gasteiger partial charge in [-0.2, -0.15) is 0 Å². The van der Waals surface area contributed by atoms with Gasteiger partial charge in [0.15, 0.2) is 4.34 Å². The van der Waals surface area contributed by atoms with E-state index in [1.165, 1.54) is 11.3 Å². The molecule has 3 aromatic rings. The zero-order chi connectivity index (χ0) is 14.1. The van der Waals surface area contributed by atoms with Crippen LogP contribution in [0, 0.1) is 6.92 Å². The van der Waals surface area contributed by atoms with Crippen molar-refractivity contribution in [2.24, 2.45) is 0 Å². The van der Waals surface area contributed by atoms with E-state index in [1.807, 2.05) is 25.1 Å². The van der Waals surface area contributed by atoms with E-state index in [-0.39, 0.29) is 0 Å². The first-order valence-corrected chi connectivity index (χ1v) is 8.20. The van der Waals surface area contributed by atoms with Crippen LogP contribution in [-0.2, 0) is 16.6 Å². The van der Waals surface area contributed by atoms with Crippen LogP contribution in [-0.4, -0.2) is 14.2 Å². The maximum Gasteiger partial charge on any atom is 0.182 e. The lowest BCUT2D eigenvalue weighted by molar-refractivity contribution is 0.682. The average Bonchev–Trinajstić information content (AvgIpc) is 2.81. The fraction of sp³-hybridized carbons (Fsp3) is 0.143. The summed E-state index contributed by atoms with van der Waals surface area (Å²) in [5, 5.41) is 0. The number of hydrogen-bond donors (Lipinski definition) is 1. The average molecular weight is 303 g/mol. The van der Waals surface area contributed by atoms with Gasteiger partial charge in [-0.25, -0.2) is 4.98 Å². The first-order chi connectivity index (χ1) is 9.61. The molecule has 0 spiro atoms. The Morgan fingerprint density at radius 1 is 1.30 bits per heavy atom. The molecule has 2 aromatic heterocycles. The highest BCUT2D eigenvalue weighted by atomic mass is 32.2. The van der Waals surface area contributed by atoms with Gasteiger partial charge < -0.3 is 5.73 Å². The molecule has 0 bridgehead atoms. The topological polar surface area (TPSA) is 68.9 Å². The SMILES string of the molecule is Cc1cncc(CS(=O)c2nc3ccc(N)cc3s2)c1. The third-order valence-electron chi connectivity index (χ3n) is 2.82. The zero-order valence-corrected chi connectivity index (χ0v) is 12.5. The molecule has 2 N–H and O–H groups in total. The Balaban J connectivity index is 1.88. The Bertz CT molecular complexity index is 798. The van der Waals surface area contributed by atoms with Crippen molar-refractivity contribution in [1.82, 2.24) is 9.97 Å². The quantitative estimate of drug-likeness (QED) is 0.755. The van der Waals surface area contributed by atoms with Crippen LogP contribution in [0.25, 0.3) is 10.2 Å². The predicted octanol–water partition coefficient (Wildman–Crippen LogP) is 2.89. The highest BCUT2D eigenvalue weighted by Crippen LogP contribution is 2.27. The van der Waals surface area contributed by atoms with Crippen molar-refractivity contribution < 1.29 is 4.21 Å². The van der Waals surface area contributed by atoms with Crippen molar-refractivity contribution in [1.29, 1.82) is 0 Å². The number of benzene rings is 1. The normalized spacial score (nSPS) is 12.7. The lowest BCUT2D eigenvalue weighted by Gasteiger charge is -1.99. The molecule has 102 valence electrons. The van der Waals surface area contributed by atoms with Gasteiger partial charge in [0.1, 0.15) is 0 Å². The second-order valence-corrected chi connectivity index (χ2v) is 7.22. The molecular formula is C14H13N3OS2. The zero-order valence-electron chi connectivity index (χ0n) is 10.9. The van der Waals surface area contributed by atoms with Gasteiger partial charge in [-0.15, -0.1) is 11.3 Å². The molecule has 0 aliphatic heterocycles. The van der Waals surface area contributed by atoms with Gasteiger partial charge in [0.2, 0.25) is 0 Å². The van der Waals surface area contributed by atoms with Gasteiger partial charge >= 0.3 is 0 Å². The molecule has 0 saturated heterocycles. The monoisotopic (exact) mass is 303 g/mol. The second-order valence-electron chi connectivity index (χ2n) is 4.57. The van der Waals surface area contributed by atoms with Gasteiger partial charge in [-0.3, -0.25) is 9.19 Å². The van der Waals surface area contributed by atoms with E-state index >= 15 is 0 Å². The summed E-state index contributed by atoms with van der Waals surface area (Å²) in [5.41, 5.74) is 9.31. The van der Waals surface area contributed by atoms with E-state index in [2.05, 4.69) is 9.97 Å². The number of aryl methyl sites for hydroxylation is 1. The van der Waals surface area contributed by atoms with E-state index in [0.717, 1.165) is 21.3 Å². The summed E-state index contributed by atoms with van der Waals surface area (Å²) in [4.78, 5) is 8.53. The molecule has 4 nitrogen and oxygen atoms in total. The smallest absolute Gasteiger partial charge is 0.182 e. The van der Waals surface area contributed by atoms with Gasteiger partial charge in [0, 0.05) is 18.1 Å². The van der Waals surface area contributed by atoms with Gasteiger partial charge in [0.25, 0.3) is 0 Å². The molecule has 2 heterocycles.